The lowest BCUT2D eigenvalue weighted by molar-refractivity contribution is -0.364. The summed E-state index contributed by atoms with van der Waals surface area (Å²) >= 11 is 6.00. The number of hydrogen-bond donors (Lipinski definition) is 1. The van der Waals surface area contributed by atoms with Crippen molar-refractivity contribution in [3.05, 3.63) is 53.2 Å². The zero-order chi connectivity index (χ0) is 16.2. The van der Waals surface area contributed by atoms with Gasteiger partial charge in [0.05, 0.1) is 19.3 Å². The Labute approximate surface area is 140 Å². The summed E-state index contributed by atoms with van der Waals surface area (Å²) < 4.78 is 0. The van der Waals surface area contributed by atoms with Crippen LogP contribution < -0.4 is 15.2 Å². The molecule has 3 rings (SSSR count). The molecule has 120 valence electrons. The molecule has 0 aliphatic carbocycles. The number of urea groups is 1. The number of hydrogen-bond acceptors (Lipinski definition) is 2. The Hall–Kier alpha value is -2.27. The van der Waals surface area contributed by atoms with Crippen molar-refractivity contribution in [3.63, 3.8) is 0 Å². The molecule has 2 aromatic rings. The molecule has 1 aromatic carbocycles. The molecular formula is C17H20ClN4O+. The fraction of sp³-hybridized carbons (Fsp3) is 0.294. The molecule has 0 atom stereocenters. The molecule has 1 saturated heterocycles. The van der Waals surface area contributed by atoms with Crippen molar-refractivity contribution in [2.75, 3.05) is 36.4 Å². The smallest absolute Gasteiger partial charge is 0.317 e. The zero-order valence-corrected chi connectivity index (χ0v) is 13.8. The maximum Gasteiger partial charge on any atom is 0.322 e. The van der Waals surface area contributed by atoms with Crippen molar-refractivity contribution >= 4 is 29.1 Å². The molecule has 2 heterocycles. The fourth-order valence-electron chi connectivity index (χ4n) is 2.65. The van der Waals surface area contributed by atoms with Gasteiger partial charge in [-0.25, -0.2) is 9.78 Å². The van der Waals surface area contributed by atoms with E-state index in [0.717, 1.165) is 30.2 Å². The molecule has 1 aromatic heterocycles. The van der Waals surface area contributed by atoms with Crippen LogP contribution in [0.3, 0.4) is 0 Å². The van der Waals surface area contributed by atoms with Crippen LogP contribution in [0.2, 0.25) is 5.02 Å². The summed E-state index contributed by atoms with van der Waals surface area (Å²) in [5.74, 6) is 1.08. The van der Waals surface area contributed by atoms with Gasteiger partial charge >= 0.3 is 6.03 Å². The third-order valence-corrected chi connectivity index (χ3v) is 4.28. The number of carbonyl (C=O) groups is 1. The topological polar surface area (TPSA) is 49.7 Å². The average Bonchev–Trinajstić information content (AvgIpc) is 2.59. The lowest BCUT2D eigenvalue weighted by atomic mass is 10.2. The molecule has 0 saturated carbocycles. The SMILES string of the molecule is Cc1ccc(Cl)cc1NC(=O)N1CCN(c2cccc[nH+]2)CC1. The Morgan fingerprint density at radius 1 is 1.17 bits per heavy atom. The predicted molar refractivity (Wildman–Crippen MR) is 92.0 cm³/mol. The number of carbonyl (C=O) groups excluding carboxylic acids is 1. The standard InChI is InChI=1S/C17H19ClN4O/c1-13-5-6-14(18)12-15(13)20-17(23)22-10-8-21(9-11-22)16-4-2-3-7-19-16/h2-7,12H,8-11H2,1H3,(H,20,23)/p+1. The van der Waals surface area contributed by atoms with Crippen molar-refractivity contribution in [1.82, 2.24) is 4.90 Å². The number of rotatable bonds is 2. The number of aryl methyl sites for hydroxylation is 1. The van der Waals surface area contributed by atoms with Crippen LogP contribution in [0.1, 0.15) is 5.56 Å². The van der Waals surface area contributed by atoms with E-state index < -0.39 is 0 Å². The van der Waals surface area contributed by atoms with Crippen molar-refractivity contribution in [2.45, 2.75) is 6.92 Å². The molecule has 0 unspecified atom stereocenters. The van der Waals surface area contributed by atoms with Gasteiger partial charge in [0, 0.05) is 16.8 Å². The first-order valence-corrected chi connectivity index (χ1v) is 8.05. The number of piperazine rings is 1. The van der Waals surface area contributed by atoms with Crippen LogP contribution in [0.5, 0.6) is 0 Å². The zero-order valence-electron chi connectivity index (χ0n) is 13.1. The Bertz CT molecular complexity index is 684. The molecule has 5 nitrogen and oxygen atoms in total. The summed E-state index contributed by atoms with van der Waals surface area (Å²) in [7, 11) is 0. The Kier molecular flexibility index (Phi) is 4.67. The number of H-pyrrole nitrogens is 1. The lowest BCUT2D eigenvalue weighted by Crippen LogP contribution is -2.51. The number of aromatic nitrogens is 1. The molecule has 0 spiro atoms. The maximum absolute atomic E-state index is 12.4. The third kappa shape index (κ3) is 3.74. The second kappa shape index (κ2) is 6.87. The van der Waals surface area contributed by atoms with E-state index in [4.69, 9.17) is 11.6 Å². The van der Waals surface area contributed by atoms with E-state index >= 15 is 0 Å². The summed E-state index contributed by atoms with van der Waals surface area (Å²) in [5, 5.41) is 3.57. The van der Waals surface area contributed by atoms with Gasteiger partial charge < -0.3 is 10.2 Å². The monoisotopic (exact) mass is 331 g/mol. The first-order chi connectivity index (χ1) is 11.1. The van der Waals surface area contributed by atoms with Crippen molar-refractivity contribution in [1.29, 1.82) is 0 Å². The number of nitrogens with one attached hydrogen (secondary N) is 2. The van der Waals surface area contributed by atoms with Gasteiger partial charge in [0.1, 0.15) is 13.1 Å². The predicted octanol–water partition coefficient (Wildman–Crippen LogP) is 2.82. The first kappa shape index (κ1) is 15.6. The highest BCUT2D eigenvalue weighted by Crippen LogP contribution is 2.21. The second-order valence-electron chi connectivity index (χ2n) is 5.61. The number of nitrogens with zero attached hydrogens (tertiary/aromatic N) is 2. The number of halogens is 1. The van der Waals surface area contributed by atoms with Crippen molar-refractivity contribution < 1.29 is 9.78 Å². The molecule has 0 radical (unpaired) electrons. The maximum atomic E-state index is 12.4. The Morgan fingerprint density at radius 3 is 2.65 bits per heavy atom. The average molecular weight is 332 g/mol. The van der Waals surface area contributed by atoms with Crippen LogP contribution in [0.15, 0.2) is 42.6 Å². The van der Waals surface area contributed by atoms with Crippen LogP contribution in [-0.4, -0.2) is 37.1 Å². The van der Waals surface area contributed by atoms with Crippen LogP contribution in [0.4, 0.5) is 16.3 Å². The van der Waals surface area contributed by atoms with E-state index in [1.165, 1.54) is 0 Å². The van der Waals surface area contributed by atoms with E-state index in [2.05, 4.69) is 15.2 Å². The van der Waals surface area contributed by atoms with Gasteiger partial charge in [-0.2, -0.15) is 0 Å². The molecule has 2 N–H and O–H groups in total. The van der Waals surface area contributed by atoms with Gasteiger partial charge in [0.25, 0.3) is 5.82 Å². The van der Waals surface area contributed by atoms with Crippen LogP contribution in [-0.2, 0) is 0 Å². The largest absolute Gasteiger partial charge is 0.322 e. The Morgan fingerprint density at radius 2 is 1.96 bits per heavy atom. The number of pyridine rings is 1. The fourth-order valence-corrected chi connectivity index (χ4v) is 2.83. The number of anilines is 2. The lowest BCUT2D eigenvalue weighted by Gasteiger charge is -2.31. The summed E-state index contributed by atoms with van der Waals surface area (Å²) in [4.78, 5) is 19.7. The van der Waals surface area contributed by atoms with Crippen LogP contribution in [0, 0.1) is 6.92 Å². The first-order valence-electron chi connectivity index (χ1n) is 7.67. The second-order valence-corrected chi connectivity index (χ2v) is 6.05. The van der Waals surface area contributed by atoms with Crippen LogP contribution >= 0.6 is 11.6 Å². The van der Waals surface area contributed by atoms with E-state index in [1.54, 1.807) is 6.07 Å². The molecule has 23 heavy (non-hydrogen) atoms. The molecule has 1 aliphatic heterocycles. The van der Waals surface area contributed by atoms with E-state index in [1.807, 2.05) is 48.4 Å². The van der Waals surface area contributed by atoms with E-state index in [9.17, 15) is 4.79 Å². The molecular weight excluding hydrogens is 312 g/mol. The minimum atomic E-state index is -0.0768. The van der Waals surface area contributed by atoms with Crippen molar-refractivity contribution in [3.8, 4) is 0 Å². The van der Waals surface area contributed by atoms with E-state index in [-0.39, 0.29) is 6.03 Å². The summed E-state index contributed by atoms with van der Waals surface area (Å²) in [6, 6.07) is 11.4. The number of aromatic amines is 1. The number of benzene rings is 1. The normalized spacial score (nSPS) is 14.7. The van der Waals surface area contributed by atoms with Gasteiger partial charge in [0.15, 0.2) is 0 Å². The highest BCUT2D eigenvalue weighted by Gasteiger charge is 2.26. The highest BCUT2D eigenvalue weighted by molar-refractivity contribution is 6.31. The molecule has 6 heteroatoms. The quantitative estimate of drug-likeness (QED) is 0.920. The summed E-state index contributed by atoms with van der Waals surface area (Å²) in [5.41, 5.74) is 1.77. The highest BCUT2D eigenvalue weighted by atomic mass is 35.5. The van der Waals surface area contributed by atoms with Gasteiger partial charge in [-0.3, -0.25) is 4.90 Å². The van der Waals surface area contributed by atoms with Crippen molar-refractivity contribution in [2.24, 2.45) is 0 Å². The molecule has 1 aliphatic rings. The minimum absolute atomic E-state index is 0.0768. The molecule has 2 amide bonds. The number of amides is 2. The van der Waals surface area contributed by atoms with Gasteiger partial charge in [-0.1, -0.05) is 23.7 Å². The van der Waals surface area contributed by atoms with Crippen LogP contribution in [0.25, 0.3) is 0 Å². The third-order valence-electron chi connectivity index (χ3n) is 4.04. The Balaban J connectivity index is 1.59. The van der Waals surface area contributed by atoms with Gasteiger partial charge in [-0.15, -0.1) is 0 Å². The van der Waals surface area contributed by atoms with Gasteiger partial charge in [-0.05, 0) is 30.7 Å². The molecule has 0 bridgehead atoms. The summed E-state index contributed by atoms with van der Waals surface area (Å²) in [6.07, 6.45) is 1.91. The van der Waals surface area contributed by atoms with E-state index in [0.29, 0.717) is 18.1 Å². The minimum Gasteiger partial charge on any atom is -0.317 e. The summed E-state index contributed by atoms with van der Waals surface area (Å²) in [6.45, 7) is 4.95. The van der Waals surface area contributed by atoms with Gasteiger partial charge in [0.2, 0.25) is 0 Å². The molecule has 1 fully saturated rings.